The maximum Gasteiger partial charge on any atom is 0.129 e. The van der Waals surface area contributed by atoms with Gasteiger partial charge in [-0.15, -0.1) is 11.3 Å². The molecule has 3 nitrogen and oxygen atoms in total. The summed E-state index contributed by atoms with van der Waals surface area (Å²) in [5, 5.41) is 5.32. The molecule has 74 valence electrons. The van der Waals surface area contributed by atoms with Crippen LogP contribution in [0.2, 0.25) is 0 Å². The minimum absolute atomic E-state index is 0.369. The Balaban J connectivity index is 2.36. The Bertz CT molecular complexity index is 250. The number of thiophene rings is 1. The first-order chi connectivity index (χ1) is 6.26. The van der Waals surface area contributed by atoms with Crippen LogP contribution in [-0.2, 0) is 6.54 Å². The molecule has 0 radical (unpaired) electrons. The van der Waals surface area contributed by atoms with Gasteiger partial charge < -0.3 is 15.8 Å². The maximum absolute atomic E-state index is 5.48. The molecule has 0 bridgehead atoms. The van der Waals surface area contributed by atoms with Crippen LogP contribution in [0.25, 0.3) is 0 Å². The highest BCUT2D eigenvalue weighted by Gasteiger charge is 2.01. The van der Waals surface area contributed by atoms with Crippen LogP contribution in [0.4, 0.5) is 0 Å². The first-order valence-electron chi connectivity index (χ1n) is 4.31. The topological polar surface area (TPSA) is 47.3 Å². The van der Waals surface area contributed by atoms with Crippen molar-refractivity contribution in [2.45, 2.75) is 19.5 Å². The number of ether oxygens (including phenoxy) is 1. The van der Waals surface area contributed by atoms with Crippen molar-refractivity contribution in [3.63, 3.8) is 0 Å². The number of nitrogens with one attached hydrogen (secondary N) is 1. The summed E-state index contributed by atoms with van der Waals surface area (Å²) >= 11 is 1.70. The summed E-state index contributed by atoms with van der Waals surface area (Å²) in [7, 11) is 1.68. The quantitative estimate of drug-likeness (QED) is 0.750. The van der Waals surface area contributed by atoms with Crippen LogP contribution in [0, 0.1) is 0 Å². The molecular formula is C9H16N2OS. The van der Waals surface area contributed by atoms with E-state index in [2.05, 4.69) is 12.2 Å². The number of hydrogen-bond donors (Lipinski definition) is 2. The van der Waals surface area contributed by atoms with Gasteiger partial charge in [-0.2, -0.15) is 0 Å². The third-order valence-electron chi connectivity index (χ3n) is 1.84. The molecule has 0 spiro atoms. The zero-order chi connectivity index (χ0) is 9.68. The summed E-state index contributed by atoms with van der Waals surface area (Å²) in [6.07, 6.45) is 0. The van der Waals surface area contributed by atoms with Crippen LogP contribution in [0.1, 0.15) is 11.8 Å². The second-order valence-electron chi connectivity index (χ2n) is 2.97. The zero-order valence-electron chi connectivity index (χ0n) is 8.04. The van der Waals surface area contributed by atoms with E-state index in [1.165, 1.54) is 4.88 Å². The molecule has 0 aliphatic heterocycles. The highest BCUT2D eigenvalue weighted by atomic mass is 32.1. The van der Waals surface area contributed by atoms with E-state index >= 15 is 0 Å². The Kier molecular flexibility index (Phi) is 4.21. The summed E-state index contributed by atoms with van der Waals surface area (Å²) in [6.45, 7) is 3.61. The second-order valence-corrected chi connectivity index (χ2v) is 3.97. The molecule has 4 heteroatoms. The number of rotatable bonds is 5. The molecule has 1 heterocycles. The van der Waals surface area contributed by atoms with Gasteiger partial charge in [0.15, 0.2) is 0 Å². The molecule has 0 aromatic carbocycles. The standard InChI is InChI=1S/C9H16N2OS/c1-7(4-10)11-5-9-3-8(12-2)6-13-9/h3,6-7,11H,4-5,10H2,1-2H3/t7-/m1/s1. The lowest BCUT2D eigenvalue weighted by atomic mass is 10.3. The smallest absolute Gasteiger partial charge is 0.129 e. The molecule has 3 N–H and O–H groups in total. The van der Waals surface area contributed by atoms with Crippen LogP contribution in [0.3, 0.4) is 0 Å². The van der Waals surface area contributed by atoms with Gasteiger partial charge in [0.25, 0.3) is 0 Å². The Hall–Kier alpha value is -0.580. The normalized spacial score (nSPS) is 12.8. The van der Waals surface area contributed by atoms with Crippen LogP contribution in [0.5, 0.6) is 5.75 Å². The summed E-state index contributed by atoms with van der Waals surface area (Å²) in [6, 6.07) is 2.41. The van der Waals surface area contributed by atoms with Gasteiger partial charge in [0, 0.05) is 29.4 Å². The van der Waals surface area contributed by atoms with Gasteiger partial charge in [0.1, 0.15) is 5.75 Å². The van der Waals surface area contributed by atoms with Crippen LogP contribution >= 0.6 is 11.3 Å². The molecule has 1 rings (SSSR count). The second kappa shape index (κ2) is 5.21. The van der Waals surface area contributed by atoms with Gasteiger partial charge in [-0.1, -0.05) is 0 Å². The van der Waals surface area contributed by atoms with Crippen molar-refractivity contribution >= 4 is 11.3 Å². The highest BCUT2D eigenvalue weighted by Crippen LogP contribution is 2.20. The third-order valence-corrected chi connectivity index (χ3v) is 2.76. The van der Waals surface area contributed by atoms with E-state index in [0.717, 1.165) is 12.3 Å². The van der Waals surface area contributed by atoms with Crippen molar-refractivity contribution in [2.24, 2.45) is 5.73 Å². The fourth-order valence-electron chi connectivity index (χ4n) is 0.918. The maximum atomic E-state index is 5.48. The summed E-state index contributed by atoms with van der Waals surface area (Å²) in [5.74, 6) is 0.933. The van der Waals surface area contributed by atoms with Gasteiger partial charge in [0.2, 0.25) is 0 Å². The molecule has 1 aromatic rings. The van der Waals surface area contributed by atoms with Crippen molar-refractivity contribution in [3.8, 4) is 5.75 Å². The predicted octanol–water partition coefficient (Wildman–Crippen LogP) is 1.19. The minimum atomic E-state index is 0.369. The van der Waals surface area contributed by atoms with E-state index in [9.17, 15) is 0 Å². The van der Waals surface area contributed by atoms with Crippen LogP contribution in [0.15, 0.2) is 11.4 Å². The van der Waals surface area contributed by atoms with Crippen LogP contribution in [-0.4, -0.2) is 19.7 Å². The van der Waals surface area contributed by atoms with Gasteiger partial charge in [-0.05, 0) is 13.0 Å². The van der Waals surface area contributed by atoms with Crippen molar-refractivity contribution in [1.82, 2.24) is 5.32 Å². The Morgan fingerprint density at radius 2 is 2.46 bits per heavy atom. The van der Waals surface area contributed by atoms with Crippen molar-refractivity contribution in [2.75, 3.05) is 13.7 Å². The van der Waals surface area contributed by atoms with Gasteiger partial charge in [-0.3, -0.25) is 0 Å². The van der Waals surface area contributed by atoms with E-state index in [1.807, 2.05) is 11.4 Å². The first-order valence-corrected chi connectivity index (χ1v) is 5.19. The number of hydrogen-bond acceptors (Lipinski definition) is 4. The molecule has 0 amide bonds. The van der Waals surface area contributed by atoms with E-state index in [0.29, 0.717) is 12.6 Å². The molecule has 0 saturated carbocycles. The first kappa shape index (κ1) is 10.5. The summed E-state index contributed by atoms with van der Waals surface area (Å²) in [5.41, 5.74) is 5.48. The zero-order valence-corrected chi connectivity index (χ0v) is 8.86. The molecule has 0 aliphatic rings. The van der Waals surface area contributed by atoms with Crippen molar-refractivity contribution in [1.29, 1.82) is 0 Å². The molecule has 0 aliphatic carbocycles. The monoisotopic (exact) mass is 200 g/mol. The Labute approximate surface area is 82.9 Å². The predicted molar refractivity (Wildman–Crippen MR) is 56.2 cm³/mol. The molecule has 13 heavy (non-hydrogen) atoms. The lowest BCUT2D eigenvalue weighted by molar-refractivity contribution is 0.416. The number of methoxy groups -OCH3 is 1. The van der Waals surface area contributed by atoms with Gasteiger partial charge in [-0.25, -0.2) is 0 Å². The molecular weight excluding hydrogens is 184 g/mol. The van der Waals surface area contributed by atoms with E-state index < -0.39 is 0 Å². The molecule has 0 saturated heterocycles. The van der Waals surface area contributed by atoms with Gasteiger partial charge >= 0.3 is 0 Å². The number of nitrogens with two attached hydrogens (primary N) is 1. The lowest BCUT2D eigenvalue weighted by Gasteiger charge is -2.08. The van der Waals surface area contributed by atoms with Crippen molar-refractivity contribution < 1.29 is 4.74 Å². The average Bonchev–Trinajstić information content (AvgIpc) is 2.61. The molecule has 0 fully saturated rings. The van der Waals surface area contributed by atoms with Gasteiger partial charge in [0.05, 0.1) is 7.11 Å². The Morgan fingerprint density at radius 3 is 3.00 bits per heavy atom. The van der Waals surface area contributed by atoms with Crippen LogP contribution < -0.4 is 15.8 Å². The SMILES string of the molecule is COc1csc(CN[C@H](C)CN)c1. The molecule has 1 atom stereocenters. The highest BCUT2D eigenvalue weighted by molar-refractivity contribution is 7.10. The molecule has 1 aromatic heterocycles. The largest absolute Gasteiger partial charge is 0.496 e. The Morgan fingerprint density at radius 1 is 1.69 bits per heavy atom. The summed E-state index contributed by atoms with van der Waals surface area (Å²) < 4.78 is 5.09. The average molecular weight is 200 g/mol. The summed E-state index contributed by atoms with van der Waals surface area (Å²) in [4.78, 5) is 1.28. The lowest BCUT2D eigenvalue weighted by Crippen LogP contribution is -2.32. The van der Waals surface area contributed by atoms with E-state index in [1.54, 1.807) is 18.4 Å². The van der Waals surface area contributed by atoms with E-state index in [-0.39, 0.29) is 0 Å². The third kappa shape index (κ3) is 3.34. The van der Waals surface area contributed by atoms with E-state index in [4.69, 9.17) is 10.5 Å². The fourth-order valence-corrected chi connectivity index (χ4v) is 1.70. The molecule has 0 unspecified atom stereocenters. The van der Waals surface area contributed by atoms with Crippen molar-refractivity contribution in [3.05, 3.63) is 16.3 Å². The minimum Gasteiger partial charge on any atom is -0.496 e. The fraction of sp³-hybridized carbons (Fsp3) is 0.556.